The second-order valence-electron chi connectivity index (χ2n) is 3.96. The molecule has 94 valence electrons. The minimum Gasteiger partial charge on any atom is -0.472 e. The highest BCUT2D eigenvalue weighted by atomic mass is 79.9. The number of benzene rings is 1. The summed E-state index contributed by atoms with van der Waals surface area (Å²) in [7, 11) is 0. The number of para-hydroxylation sites is 1. The van der Waals surface area contributed by atoms with E-state index in [1.807, 2.05) is 24.3 Å². The first kappa shape index (κ1) is 11.9. The van der Waals surface area contributed by atoms with Crippen LogP contribution in [0.25, 0.3) is 16.9 Å². The van der Waals surface area contributed by atoms with Crippen molar-refractivity contribution in [3.05, 3.63) is 59.1 Å². The first-order valence-electron chi connectivity index (χ1n) is 5.62. The van der Waals surface area contributed by atoms with Crippen molar-refractivity contribution in [1.29, 1.82) is 0 Å². The standard InChI is InChI=1S/C14H9BrN2O2/c15-12-3-1-2-4-13(12)17-7-11(8-18)14(16-17)10-5-6-19-9-10/h1-9H. The molecule has 3 rings (SSSR count). The number of hydrogen-bond acceptors (Lipinski definition) is 3. The predicted molar refractivity (Wildman–Crippen MR) is 74.4 cm³/mol. The van der Waals surface area contributed by atoms with E-state index in [0.717, 1.165) is 22.0 Å². The van der Waals surface area contributed by atoms with E-state index in [4.69, 9.17) is 4.42 Å². The van der Waals surface area contributed by atoms with E-state index in [0.29, 0.717) is 11.3 Å². The molecule has 0 radical (unpaired) electrons. The Bertz CT molecular complexity index is 717. The van der Waals surface area contributed by atoms with Gasteiger partial charge in [0.05, 0.1) is 23.8 Å². The lowest BCUT2D eigenvalue weighted by atomic mass is 10.2. The van der Waals surface area contributed by atoms with Crippen LogP contribution in [0, 0.1) is 0 Å². The maximum Gasteiger partial charge on any atom is 0.153 e. The number of aromatic nitrogens is 2. The van der Waals surface area contributed by atoms with E-state index in [2.05, 4.69) is 21.0 Å². The zero-order chi connectivity index (χ0) is 13.2. The van der Waals surface area contributed by atoms with Crippen molar-refractivity contribution in [3.63, 3.8) is 0 Å². The molecule has 19 heavy (non-hydrogen) atoms. The van der Waals surface area contributed by atoms with Gasteiger partial charge in [-0.3, -0.25) is 4.79 Å². The maximum atomic E-state index is 11.2. The quantitative estimate of drug-likeness (QED) is 0.692. The average molecular weight is 317 g/mol. The van der Waals surface area contributed by atoms with Gasteiger partial charge in [0.2, 0.25) is 0 Å². The van der Waals surface area contributed by atoms with E-state index >= 15 is 0 Å². The van der Waals surface area contributed by atoms with Gasteiger partial charge in [-0.1, -0.05) is 12.1 Å². The molecule has 1 aromatic carbocycles. The number of furan rings is 1. The van der Waals surface area contributed by atoms with Crippen LogP contribution in [0.1, 0.15) is 10.4 Å². The van der Waals surface area contributed by atoms with E-state index in [1.165, 1.54) is 0 Å². The second-order valence-corrected chi connectivity index (χ2v) is 4.81. The summed E-state index contributed by atoms with van der Waals surface area (Å²) in [4.78, 5) is 11.2. The molecule has 0 bridgehead atoms. The van der Waals surface area contributed by atoms with Crippen molar-refractivity contribution in [2.24, 2.45) is 0 Å². The molecule has 0 aliphatic rings. The molecule has 0 fully saturated rings. The minimum atomic E-state index is 0.525. The zero-order valence-electron chi connectivity index (χ0n) is 9.79. The predicted octanol–water partition coefficient (Wildman–Crippen LogP) is 3.71. The number of rotatable bonds is 3. The van der Waals surface area contributed by atoms with Crippen LogP contribution in [0.5, 0.6) is 0 Å². The van der Waals surface area contributed by atoms with Crippen LogP contribution in [0.2, 0.25) is 0 Å². The fourth-order valence-electron chi connectivity index (χ4n) is 1.86. The molecule has 0 atom stereocenters. The topological polar surface area (TPSA) is 48.0 Å². The van der Waals surface area contributed by atoms with Crippen LogP contribution < -0.4 is 0 Å². The molecular formula is C14H9BrN2O2. The molecule has 0 amide bonds. The minimum absolute atomic E-state index is 0.525. The maximum absolute atomic E-state index is 11.2. The van der Waals surface area contributed by atoms with Crippen LogP contribution in [-0.2, 0) is 0 Å². The molecule has 0 spiro atoms. The summed E-state index contributed by atoms with van der Waals surface area (Å²) in [5.74, 6) is 0. The zero-order valence-corrected chi connectivity index (χ0v) is 11.4. The van der Waals surface area contributed by atoms with Gasteiger partial charge in [0.1, 0.15) is 5.69 Å². The summed E-state index contributed by atoms with van der Waals surface area (Å²) in [6.07, 6.45) is 5.62. The molecule has 0 aliphatic carbocycles. The van der Waals surface area contributed by atoms with Gasteiger partial charge in [-0.2, -0.15) is 5.10 Å². The highest BCUT2D eigenvalue weighted by Gasteiger charge is 2.13. The highest BCUT2D eigenvalue weighted by molar-refractivity contribution is 9.10. The summed E-state index contributed by atoms with van der Waals surface area (Å²) in [6, 6.07) is 9.47. The van der Waals surface area contributed by atoms with Crippen molar-refractivity contribution in [1.82, 2.24) is 9.78 Å². The smallest absolute Gasteiger partial charge is 0.153 e. The number of carbonyl (C=O) groups excluding carboxylic acids is 1. The van der Waals surface area contributed by atoms with Crippen LogP contribution in [-0.4, -0.2) is 16.1 Å². The monoisotopic (exact) mass is 316 g/mol. The third kappa shape index (κ3) is 2.13. The first-order chi connectivity index (χ1) is 9.29. The Kier molecular flexibility index (Phi) is 3.05. The van der Waals surface area contributed by atoms with Crippen molar-refractivity contribution in [2.75, 3.05) is 0 Å². The Morgan fingerprint density at radius 2 is 2.11 bits per heavy atom. The molecule has 0 saturated heterocycles. The molecule has 0 unspecified atom stereocenters. The molecule has 0 N–H and O–H groups in total. The summed E-state index contributed by atoms with van der Waals surface area (Å²) < 4.78 is 7.62. The largest absolute Gasteiger partial charge is 0.472 e. The molecule has 4 nitrogen and oxygen atoms in total. The van der Waals surface area contributed by atoms with E-state index in [-0.39, 0.29) is 0 Å². The molecule has 0 aliphatic heterocycles. The summed E-state index contributed by atoms with van der Waals surface area (Å²) >= 11 is 3.47. The Morgan fingerprint density at radius 3 is 2.79 bits per heavy atom. The number of carbonyl (C=O) groups is 1. The molecule has 2 heterocycles. The van der Waals surface area contributed by atoms with Crippen molar-refractivity contribution in [2.45, 2.75) is 0 Å². The lowest BCUT2D eigenvalue weighted by Gasteiger charge is -2.02. The van der Waals surface area contributed by atoms with E-state index in [1.54, 1.807) is 29.5 Å². The van der Waals surface area contributed by atoms with Gasteiger partial charge in [-0.05, 0) is 34.1 Å². The Labute approximate surface area is 117 Å². The summed E-state index contributed by atoms with van der Waals surface area (Å²) in [5, 5.41) is 4.45. The number of hydrogen-bond donors (Lipinski definition) is 0. The molecule has 5 heteroatoms. The van der Waals surface area contributed by atoms with E-state index < -0.39 is 0 Å². The lowest BCUT2D eigenvalue weighted by Crippen LogP contribution is -1.95. The number of aldehydes is 1. The summed E-state index contributed by atoms with van der Waals surface area (Å²) in [5.41, 5.74) is 2.80. The van der Waals surface area contributed by atoms with Crippen LogP contribution in [0.15, 0.2) is 57.9 Å². The molecular weight excluding hydrogens is 308 g/mol. The van der Waals surface area contributed by atoms with Crippen molar-refractivity contribution in [3.8, 4) is 16.9 Å². The normalized spacial score (nSPS) is 10.6. The van der Waals surface area contributed by atoms with Gasteiger partial charge in [0, 0.05) is 16.2 Å². The van der Waals surface area contributed by atoms with Gasteiger partial charge in [0.25, 0.3) is 0 Å². The fourth-order valence-corrected chi connectivity index (χ4v) is 2.32. The van der Waals surface area contributed by atoms with Crippen molar-refractivity contribution < 1.29 is 9.21 Å². The highest BCUT2D eigenvalue weighted by Crippen LogP contribution is 2.25. The number of halogens is 1. The van der Waals surface area contributed by atoms with Gasteiger partial charge in [-0.25, -0.2) is 4.68 Å². The second kappa shape index (κ2) is 4.85. The number of nitrogens with zero attached hydrogens (tertiary/aromatic N) is 2. The molecule has 3 aromatic rings. The van der Waals surface area contributed by atoms with Gasteiger partial charge in [-0.15, -0.1) is 0 Å². The fraction of sp³-hybridized carbons (Fsp3) is 0. The van der Waals surface area contributed by atoms with Crippen LogP contribution in [0.3, 0.4) is 0 Å². The summed E-state index contributed by atoms with van der Waals surface area (Å²) in [6.45, 7) is 0. The Balaban J connectivity index is 2.15. The third-order valence-electron chi connectivity index (χ3n) is 2.76. The molecule has 2 aromatic heterocycles. The first-order valence-corrected chi connectivity index (χ1v) is 6.41. The van der Waals surface area contributed by atoms with Crippen LogP contribution >= 0.6 is 15.9 Å². The van der Waals surface area contributed by atoms with Gasteiger partial charge in [0.15, 0.2) is 6.29 Å². The SMILES string of the molecule is O=Cc1cn(-c2ccccc2Br)nc1-c1ccoc1. The van der Waals surface area contributed by atoms with Gasteiger partial charge < -0.3 is 4.42 Å². The third-order valence-corrected chi connectivity index (χ3v) is 3.43. The van der Waals surface area contributed by atoms with Crippen LogP contribution in [0.4, 0.5) is 0 Å². The van der Waals surface area contributed by atoms with E-state index in [9.17, 15) is 4.79 Å². The van der Waals surface area contributed by atoms with Gasteiger partial charge >= 0.3 is 0 Å². The Hall–Kier alpha value is -2.14. The Morgan fingerprint density at radius 1 is 1.26 bits per heavy atom. The van der Waals surface area contributed by atoms with Crippen molar-refractivity contribution >= 4 is 22.2 Å². The molecule has 0 saturated carbocycles. The average Bonchev–Trinajstić information content (AvgIpc) is 3.08. The lowest BCUT2D eigenvalue weighted by molar-refractivity contribution is 0.112.